The predicted molar refractivity (Wildman–Crippen MR) is 198 cm³/mol. The van der Waals surface area contributed by atoms with Crippen LogP contribution in [0.1, 0.15) is 90.9 Å². The summed E-state index contributed by atoms with van der Waals surface area (Å²) in [6.45, 7) is 12.2. The van der Waals surface area contributed by atoms with Crippen LogP contribution in [0.2, 0.25) is 0 Å². The van der Waals surface area contributed by atoms with Gasteiger partial charge in [-0.3, -0.25) is 14.5 Å². The highest BCUT2D eigenvalue weighted by Gasteiger charge is 2.38. The lowest BCUT2D eigenvalue weighted by Crippen LogP contribution is -2.54. The summed E-state index contributed by atoms with van der Waals surface area (Å²) in [5.74, 6) is 2.59. The number of anilines is 4. The third-order valence-corrected chi connectivity index (χ3v) is 10.1. The maximum atomic E-state index is 13.3. The molecule has 12 heteroatoms. The summed E-state index contributed by atoms with van der Waals surface area (Å²) in [5.41, 5.74) is 1.91. The average Bonchev–Trinajstić information content (AvgIpc) is 3.87. The fraction of sp³-hybridized carbons (Fsp3) is 0.667. The molecular formula is C36H59ClN8O3. The van der Waals surface area contributed by atoms with E-state index in [0.29, 0.717) is 41.1 Å². The van der Waals surface area contributed by atoms with Gasteiger partial charge in [-0.05, 0) is 82.9 Å². The lowest BCUT2D eigenvalue weighted by Gasteiger charge is -2.42. The summed E-state index contributed by atoms with van der Waals surface area (Å²) in [6.07, 6.45) is 9.51. The van der Waals surface area contributed by atoms with Crippen LogP contribution in [0.3, 0.4) is 0 Å². The molecule has 2 N–H and O–H groups in total. The number of carbonyl (C=O) groups excluding carboxylic acids is 2. The van der Waals surface area contributed by atoms with E-state index in [4.69, 9.17) is 9.72 Å². The molecule has 2 aromatic rings. The molecule has 2 aliphatic heterocycles. The Hall–Kier alpha value is -3.15. The minimum Gasteiger partial charge on any atom is -0.495 e. The van der Waals surface area contributed by atoms with E-state index in [2.05, 4.69) is 44.2 Å². The quantitative estimate of drug-likeness (QED) is 0.313. The number of ether oxygens (including phenoxy) is 1. The monoisotopic (exact) mass is 686 g/mol. The maximum absolute atomic E-state index is 13.3. The van der Waals surface area contributed by atoms with Crippen LogP contribution in [0.25, 0.3) is 0 Å². The summed E-state index contributed by atoms with van der Waals surface area (Å²) in [6, 6.07) is 6.05. The Kier molecular flexibility index (Phi) is 13.9. The number of aromatic nitrogens is 2. The first-order chi connectivity index (χ1) is 21.7. The van der Waals surface area contributed by atoms with Gasteiger partial charge in [0.05, 0.1) is 19.0 Å². The van der Waals surface area contributed by atoms with Crippen molar-refractivity contribution >= 4 is 47.4 Å². The number of nitrogens with one attached hydrogen (secondary N) is 2. The fourth-order valence-electron chi connectivity index (χ4n) is 7.32. The molecule has 1 saturated heterocycles. The minimum absolute atomic E-state index is 0. The number of halogens is 1. The second kappa shape index (κ2) is 17.0. The van der Waals surface area contributed by atoms with Crippen LogP contribution in [-0.2, 0) is 4.79 Å². The number of methoxy groups -OCH3 is 1. The molecule has 3 fully saturated rings. The van der Waals surface area contributed by atoms with Gasteiger partial charge in [0.25, 0.3) is 5.91 Å². The molecule has 268 valence electrons. The van der Waals surface area contributed by atoms with Crippen LogP contribution in [0, 0.1) is 5.92 Å². The predicted octanol–water partition coefficient (Wildman–Crippen LogP) is 5.96. The first kappa shape index (κ1) is 39.3. The molecule has 1 aromatic carbocycles. The van der Waals surface area contributed by atoms with Crippen molar-refractivity contribution in [1.29, 1.82) is 0 Å². The molecule has 1 atom stereocenters. The SMILES string of the molecule is C.C.CC[C@@H]1C(=O)N(C)c2cnc(Nc3ccc(C(=O)NC4CCC(N5CCN(CC6CC6)CC5)CC4)cc3OC)nc2N1C(C)C.Cl. The van der Waals surface area contributed by atoms with Crippen LogP contribution in [0.15, 0.2) is 24.4 Å². The summed E-state index contributed by atoms with van der Waals surface area (Å²) < 4.78 is 5.68. The molecule has 1 aromatic heterocycles. The zero-order valence-electron chi connectivity index (χ0n) is 28.0. The number of carbonyl (C=O) groups is 2. The third kappa shape index (κ3) is 8.52. The first-order valence-corrected chi connectivity index (χ1v) is 16.9. The first-order valence-electron chi connectivity index (χ1n) is 16.9. The van der Waals surface area contributed by atoms with Gasteiger partial charge in [0.15, 0.2) is 5.82 Å². The van der Waals surface area contributed by atoms with Crippen LogP contribution < -0.4 is 25.2 Å². The van der Waals surface area contributed by atoms with Gasteiger partial charge in [-0.1, -0.05) is 21.8 Å². The summed E-state index contributed by atoms with van der Waals surface area (Å²) in [5, 5.41) is 6.55. The molecule has 6 rings (SSSR count). The van der Waals surface area contributed by atoms with Crippen LogP contribution in [0.5, 0.6) is 5.75 Å². The number of rotatable bonds is 10. The smallest absolute Gasteiger partial charge is 0.251 e. The molecule has 11 nitrogen and oxygen atoms in total. The lowest BCUT2D eigenvalue weighted by molar-refractivity contribution is -0.120. The summed E-state index contributed by atoms with van der Waals surface area (Å²) in [4.78, 5) is 44.6. The van der Waals surface area contributed by atoms with Gasteiger partial charge in [-0.25, -0.2) is 4.98 Å². The highest BCUT2D eigenvalue weighted by molar-refractivity contribution is 6.04. The number of piperazine rings is 1. The van der Waals surface area contributed by atoms with Crippen molar-refractivity contribution in [2.45, 2.75) is 105 Å². The molecule has 0 spiro atoms. The van der Waals surface area contributed by atoms with Crippen molar-refractivity contribution in [3.63, 3.8) is 0 Å². The Morgan fingerprint density at radius 3 is 2.33 bits per heavy atom. The van der Waals surface area contributed by atoms with Gasteiger partial charge in [0.1, 0.15) is 17.5 Å². The lowest BCUT2D eigenvalue weighted by atomic mass is 9.89. The Labute approximate surface area is 294 Å². The van der Waals surface area contributed by atoms with Gasteiger partial charge in [-0.2, -0.15) is 4.98 Å². The van der Waals surface area contributed by atoms with Crippen molar-refractivity contribution in [2.75, 3.05) is 62.0 Å². The summed E-state index contributed by atoms with van der Waals surface area (Å²) >= 11 is 0. The Balaban J connectivity index is 0.00000208. The molecule has 0 unspecified atom stereocenters. The Bertz CT molecular complexity index is 1370. The molecule has 2 aliphatic carbocycles. The molecule has 48 heavy (non-hydrogen) atoms. The third-order valence-electron chi connectivity index (χ3n) is 10.1. The normalized spacial score (nSPS) is 23.0. The molecule has 0 bridgehead atoms. The van der Waals surface area contributed by atoms with E-state index >= 15 is 0 Å². The van der Waals surface area contributed by atoms with Crippen molar-refractivity contribution in [3.8, 4) is 5.75 Å². The van der Waals surface area contributed by atoms with E-state index < -0.39 is 0 Å². The topological polar surface area (TPSA) is 106 Å². The number of hydrogen-bond acceptors (Lipinski definition) is 9. The number of benzene rings is 1. The fourth-order valence-corrected chi connectivity index (χ4v) is 7.32. The van der Waals surface area contributed by atoms with Crippen molar-refractivity contribution in [1.82, 2.24) is 25.1 Å². The number of amides is 2. The number of nitrogens with zero attached hydrogens (tertiary/aromatic N) is 6. The number of likely N-dealkylation sites (N-methyl/N-ethyl adjacent to an activating group) is 1. The van der Waals surface area contributed by atoms with Crippen molar-refractivity contribution < 1.29 is 14.3 Å². The van der Waals surface area contributed by atoms with E-state index in [9.17, 15) is 9.59 Å². The average molecular weight is 687 g/mol. The second-order valence-electron chi connectivity index (χ2n) is 13.5. The molecule has 4 aliphatic rings. The summed E-state index contributed by atoms with van der Waals surface area (Å²) in [7, 11) is 3.36. The van der Waals surface area contributed by atoms with Gasteiger partial charge in [0.2, 0.25) is 11.9 Å². The highest BCUT2D eigenvalue weighted by atomic mass is 35.5. The highest BCUT2D eigenvalue weighted by Crippen LogP contribution is 2.37. The molecule has 3 heterocycles. The van der Waals surface area contributed by atoms with Gasteiger partial charge < -0.3 is 30.1 Å². The second-order valence-corrected chi connectivity index (χ2v) is 13.5. The van der Waals surface area contributed by atoms with Crippen LogP contribution >= 0.6 is 12.4 Å². The molecular weight excluding hydrogens is 628 g/mol. The van der Waals surface area contributed by atoms with E-state index in [-0.39, 0.29) is 57.2 Å². The minimum atomic E-state index is -0.278. The largest absolute Gasteiger partial charge is 0.495 e. The van der Waals surface area contributed by atoms with Gasteiger partial charge in [0, 0.05) is 63.5 Å². The molecule has 2 amide bonds. The standard InChI is InChI=1S/C34H50N8O3.2CH4.ClH/c1-6-28-33(44)39(4)29-20-35-34(38-31(29)42(28)22(2)3)37-27-14-9-24(19-30(27)45-5)32(43)36-25-10-12-26(13-11-25)41-17-15-40(16-18-41)21-23-7-8-23;;;/h9,14,19-20,22-23,25-26,28H,6-8,10-13,15-18,21H2,1-5H3,(H,36,43)(H,35,37,38);2*1H4;1H/t25?,26?,28-;;;/m1.../s1. The number of hydrogen-bond donors (Lipinski definition) is 2. The zero-order chi connectivity index (χ0) is 31.7. The van der Waals surface area contributed by atoms with Crippen molar-refractivity contribution in [2.24, 2.45) is 5.92 Å². The Morgan fingerprint density at radius 2 is 1.73 bits per heavy atom. The maximum Gasteiger partial charge on any atom is 0.251 e. The van der Waals surface area contributed by atoms with Gasteiger partial charge >= 0.3 is 0 Å². The molecule has 2 saturated carbocycles. The van der Waals surface area contributed by atoms with Gasteiger partial charge in [-0.15, -0.1) is 12.4 Å². The van der Waals surface area contributed by atoms with E-state index in [1.165, 1.54) is 45.6 Å². The molecule has 0 radical (unpaired) electrons. The van der Waals surface area contributed by atoms with E-state index in [1.807, 2.05) is 19.1 Å². The van der Waals surface area contributed by atoms with E-state index in [1.54, 1.807) is 31.3 Å². The number of fused-ring (bicyclic) bond motifs is 1. The van der Waals surface area contributed by atoms with Crippen molar-refractivity contribution in [3.05, 3.63) is 30.0 Å². The van der Waals surface area contributed by atoms with E-state index in [0.717, 1.165) is 37.4 Å². The Morgan fingerprint density at radius 1 is 1.04 bits per heavy atom. The van der Waals surface area contributed by atoms with Crippen LogP contribution in [0.4, 0.5) is 23.1 Å². The zero-order valence-corrected chi connectivity index (χ0v) is 28.8. The van der Waals surface area contributed by atoms with Crippen LogP contribution in [-0.4, -0.2) is 103 Å².